The van der Waals surface area contributed by atoms with Crippen LogP contribution in [0, 0.1) is 13.8 Å². The van der Waals surface area contributed by atoms with Gasteiger partial charge in [0.15, 0.2) is 0 Å². The third-order valence-corrected chi connectivity index (χ3v) is 4.82. The summed E-state index contributed by atoms with van der Waals surface area (Å²) in [6, 6.07) is 8.16. The molecule has 0 spiro atoms. The second-order valence-electron chi connectivity index (χ2n) is 6.69. The molecule has 1 saturated carbocycles. The zero-order valence-electron chi connectivity index (χ0n) is 14.7. The first-order chi connectivity index (χ1) is 11.5. The van der Waals surface area contributed by atoms with E-state index in [1.807, 2.05) is 18.7 Å². The molecule has 3 rings (SSSR count). The molecule has 1 amide bonds. The number of hydrogen-bond donors (Lipinski definition) is 2. The highest BCUT2D eigenvalue weighted by molar-refractivity contribution is 5.84. The maximum Gasteiger partial charge on any atom is 0.244 e. The maximum atomic E-state index is 13.0. The third-order valence-electron chi connectivity index (χ3n) is 4.82. The van der Waals surface area contributed by atoms with Gasteiger partial charge in [0.05, 0.1) is 5.69 Å². The van der Waals surface area contributed by atoms with Crippen molar-refractivity contribution in [1.82, 2.24) is 15.1 Å². The molecule has 1 aromatic heterocycles. The first kappa shape index (κ1) is 16.7. The van der Waals surface area contributed by atoms with Crippen LogP contribution in [0.4, 0.5) is 0 Å². The van der Waals surface area contributed by atoms with E-state index in [-0.39, 0.29) is 5.91 Å². The van der Waals surface area contributed by atoms with Crippen molar-refractivity contribution in [2.45, 2.75) is 58.7 Å². The molecule has 128 valence electrons. The first-order valence-electron chi connectivity index (χ1n) is 8.66. The zero-order chi connectivity index (χ0) is 17.3. The molecule has 2 aromatic rings. The molecule has 5 heteroatoms. The highest BCUT2D eigenvalue weighted by Crippen LogP contribution is 2.31. The van der Waals surface area contributed by atoms with Crippen LogP contribution in [0.15, 0.2) is 24.3 Å². The summed E-state index contributed by atoms with van der Waals surface area (Å²) >= 11 is 0. The van der Waals surface area contributed by atoms with Crippen LogP contribution in [0.2, 0.25) is 0 Å². The number of amides is 1. The first-order valence-corrected chi connectivity index (χ1v) is 8.66. The number of aryl methyl sites for hydroxylation is 3. The molecule has 1 aromatic carbocycles. The largest absolute Gasteiger partial charge is 0.334 e. The minimum absolute atomic E-state index is 0.00957. The quantitative estimate of drug-likeness (QED) is 0.857. The van der Waals surface area contributed by atoms with Crippen molar-refractivity contribution in [3.05, 3.63) is 52.3 Å². The summed E-state index contributed by atoms with van der Waals surface area (Å²) in [4.78, 5) is 15.0. The van der Waals surface area contributed by atoms with Gasteiger partial charge in [-0.1, -0.05) is 31.2 Å². The van der Waals surface area contributed by atoms with Gasteiger partial charge in [-0.15, -0.1) is 0 Å². The average molecular weight is 326 g/mol. The van der Waals surface area contributed by atoms with Crippen LogP contribution in [0.3, 0.4) is 0 Å². The molecule has 1 heterocycles. The predicted molar refractivity (Wildman–Crippen MR) is 94.4 cm³/mol. The Kier molecular flexibility index (Phi) is 4.71. The smallest absolute Gasteiger partial charge is 0.244 e. The molecule has 24 heavy (non-hydrogen) atoms. The van der Waals surface area contributed by atoms with Gasteiger partial charge in [-0.2, -0.15) is 5.10 Å². The lowest BCUT2D eigenvalue weighted by atomic mass is 10.0. The Labute approximate surface area is 143 Å². The van der Waals surface area contributed by atoms with Crippen LogP contribution in [0.25, 0.3) is 0 Å². The van der Waals surface area contributed by atoms with Crippen LogP contribution in [-0.2, 0) is 17.8 Å². The molecule has 0 unspecified atom stereocenters. The van der Waals surface area contributed by atoms with Gasteiger partial charge in [-0.3, -0.25) is 9.89 Å². The Bertz CT molecular complexity index is 696. The molecule has 0 aliphatic heterocycles. The van der Waals surface area contributed by atoms with Gasteiger partial charge < -0.3 is 10.6 Å². The summed E-state index contributed by atoms with van der Waals surface area (Å²) in [5, 5.41) is 7.08. The fraction of sp³-hybridized carbons (Fsp3) is 0.474. The molecule has 1 aliphatic carbocycles. The Balaban J connectivity index is 1.78. The second kappa shape index (κ2) is 6.77. The SMILES string of the molecule is CCc1ccc(CN(C(=O)[C@H](N)c2c(C)n[nH]c2C)C2CC2)cc1. The van der Waals surface area contributed by atoms with Crippen LogP contribution in [0.5, 0.6) is 0 Å². The predicted octanol–water partition coefficient (Wildman–Crippen LogP) is 2.78. The highest BCUT2D eigenvalue weighted by atomic mass is 16.2. The van der Waals surface area contributed by atoms with Gasteiger partial charge in [0.25, 0.3) is 0 Å². The number of carbonyl (C=O) groups is 1. The molecule has 0 radical (unpaired) electrons. The van der Waals surface area contributed by atoms with E-state index in [4.69, 9.17) is 5.73 Å². The van der Waals surface area contributed by atoms with Gasteiger partial charge >= 0.3 is 0 Å². The van der Waals surface area contributed by atoms with E-state index in [0.717, 1.165) is 41.8 Å². The standard InChI is InChI=1S/C19H26N4O/c1-4-14-5-7-15(8-6-14)11-23(16-9-10-16)19(24)18(20)17-12(2)21-22-13(17)3/h5-8,16,18H,4,9-11,20H2,1-3H3,(H,21,22)/t18-/m1/s1. The van der Waals surface area contributed by atoms with E-state index in [1.54, 1.807) is 0 Å². The highest BCUT2D eigenvalue weighted by Gasteiger charge is 2.36. The summed E-state index contributed by atoms with van der Waals surface area (Å²) in [5.41, 5.74) is 11.3. The van der Waals surface area contributed by atoms with E-state index < -0.39 is 6.04 Å². The lowest BCUT2D eigenvalue weighted by Gasteiger charge is -2.26. The number of nitrogens with one attached hydrogen (secondary N) is 1. The molecule has 1 fully saturated rings. The normalized spacial score (nSPS) is 15.3. The third kappa shape index (κ3) is 3.36. The molecule has 0 saturated heterocycles. The van der Waals surface area contributed by atoms with Crippen molar-refractivity contribution >= 4 is 5.91 Å². The number of H-pyrrole nitrogens is 1. The van der Waals surface area contributed by atoms with E-state index in [1.165, 1.54) is 5.56 Å². The zero-order valence-corrected chi connectivity index (χ0v) is 14.7. The van der Waals surface area contributed by atoms with E-state index in [0.29, 0.717) is 12.6 Å². The molecule has 5 nitrogen and oxygen atoms in total. The molecule has 3 N–H and O–H groups in total. The van der Waals surface area contributed by atoms with Crippen molar-refractivity contribution in [3.63, 3.8) is 0 Å². The molecule has 0 bridgehead atoms. The summed E-state index contributed by atoms with van der Waals surface area (Å²) in [7, 11) is 0. The van der Waals surface area contributed by atoms with Gasteiger partial charge in [0.1, 0.15) is 6.04 Å². The maximum absolute atomic E-state index is 13.0. The number of aromatic amines is 1. The summed E-state index contributed by atoms with van der Waals surface area (Å²) in [5.74, 6) is -0.00957. The van der Waals surface area contributed by atoms with Gasteiger partial charge in [0.2, 0.25) is 5.91 Å². The summed E-state index contributed by atoms with van der Waals surface area (Å²) < 4.78 is 0. The topological polar surface area (TPSA) is 75.0 Å². The second-order valence-corrected chi connectivity index (χ2v) is 6.69. The van der Waals surface area contributed by atoms with Gasteiger partial charge in [-0.25, -0.2) is 0 Å². The van der Waals surface area contributed by atoms with Crippen molar-refractivity contribution in [1.29, 1.82) is 0 Å². The van der Waals surface area contributed by atoms with Crippen LogP contribution < -0.4 is 5.73 Å². The van der Waals surface area contributed by atoms with Crippen LogP contribution >= 0.6 is 0 Å². The van der Waals surface area contributed by atoms with Crippen molar-refractivity contribution in [2.75, 3.05) is 0 Å². The number of rotatable bonds is 6. The fourth-order valence-corrected chi connectivity index (χ4v) is 3.17. The molecular weight excluding hydrogens is 300 g/mol. The molecule has 1 aliphatic rings. The lowest BCUT2D eigenvalue weighted by molar-refractivity contribution is -0.134. The minimum Gasteiger partial charge on any atom is -0.334 e. The number of nitrogens with zero attached hydrogens (tertiary/aromatic N) is 2. The number of carbonyl (C=O) groups excluding carboxylic acids is 1. The van der Waals surface area contributed by atoms with E-state index >= 15 is 0 Å². The number of nitrogens with two attached hydrogens (primary N) is 1. The van der Waals surface area contributed by atoms with Crippen LogP contribution in [0.1, 0.15) is 53.9 Å². The molecular formula is C19H26N4O. The van der Waals surface area contributed by atoms with Crippen molar-refractivity contribution in [2.24, 2.45) is 5.73 Å². The fourth-order valence-electron chi connectivity index (χ4n) is 3.17. The van der Waals surface area contributed by atoms with Crippen molar-refractivity contribution in [3.8, 4) is 0 Å². The summed E-state index contributed by atoms with van der Waals surface area (Å²) in [6.45, 7) is 6.56. The van der Waals surface area contributed by atoms with Crippen molar-refractivity contribution < 1.29 is 4.79 Å². The van der Waals surface area contributed by atoms with Gasteiger partial charge in [-0.05, 0) is 44.2 Å². The molecule has 1 atom stereocenters. The minimum atomic E-state index is -0.653. The van der Waals surface area contributed by atoms with E-state index in [2.05, 4.69) is 41.4 Å². The Morgan fingerprint density at radius 1 is 1.29 bits per heavy atom. The number of benzene rings is 1. The average Bonchev–Trinajstić information content (AvgIpc) is 3.37. The lowest BCUT2D eigenvalue weighted by Crippen LogP contribution is -2.40. The number of aromatic nitrogens is 2. The van der Waals surface area contributed by atoms with Crippen LogP contribution in [-0.4, -0.2) is 27.0 Å². The number of hydrogen-bond acceptors (Lipinski definition) is 3. The van der Waals surface area contributed by atoms with E-state index in [9.17, 15) is 4.79 Å². The Morgan fingerprint density at radius 2 is 1.92 bits per heavy atom. The summed E-state index contributed by atoms with van der Waals surface area (Å²) in [6.07, 6.45) is 3.15. The van der Waals surface area contributed by atoms with Gasteiger partial charge in [0, 0.05) is 23.8 Å². The Hall–Kier alpha value is -2.14. The Morgan fingerprint density at radius 3 is 2.42 bits per heavy atom. The monoisotopic (exact) mass is 326 g/mol.